The van der Waals surface area contributed by atoms with Gasteiger partial charge in [-0.15, -0.1) is 0 Å². The van der Waals surface area contributed by atoms with Crippen molar-refractivity contribution in [3.8, 4) is 5.88 Å². The van der Waals surface area contributed by atoms with Gasteiger partial charge in [0.2, 0.25) is 11.8 Å². The van der Waals surface area contributed by atoms with E-state index in [-0.39, 0.29) is 13.2 Å². The van der Waals surface area contributed by atoms with E-state index < -0.39 is 6.09 Å². The maximum absolute atomic E-state index is 11.8. The van der Waals surface area contributed by atoms with Crippen LogP contribution >= 0.6 is 0 Å². The van der Waals surface area contributed by atoms with Gasteiger partial charge in [0.1, 0.15) is 12.3 Å². The van der Waals surface area contributed by atoms with Crippen LogP contribution in [0.5, 0.6) is 5.88 Å². The Kier molecular flexibility index (Phi) is 5.89. The SMILES string of the molecule is Cc1c(N2CCc3cnc(Nc4ccc(CCO)cc4)nc3C2)cnc2c1N(C(=O)O)CCO2. The second-order valence-corrected chi connectivity index (χ2v) is 8.34. The Morgan fingerprint density at radius 1 is 1.18 bits per heavy atom. The summed E-state index contributed by atoms with van der Waals surface area (Å²) in [7, 11) is 0. The zero-order valence-electron chi connectivity index (χ0n) is 18.9. The largest absolute Gasteiger partial charge is 0.474 e. The summed E-state index contributed by atoms with van der Waals surface area (Å²) in [6.07, 6.45) is 4.00. The van der Waals surface area contributed by atoms with Crippen molar-refractivity contribution in [2.45, 2.75) is 26.3 Å². The molecule has 10 nitrogen and oxygen atoms in total. The van der Waals surface area contributed by atoms with Crippen LogP contribution < -0.4 is 19.9 Å². The molecule has 0 saturated heterocycles. The fraction of sp³-hybridized carbons (Fsp3) is 0.333. The van der Waals surface area contributed by atoms with E-state index in [0.717, 1.165) is 46.7 Å². The molecule has 1 aromatic carbocycles. The smallest absolute Gasteiger partial charge is 0.412 e. The van der Waals surface area contributed by atoms with Gasteiger partial charge in [0.25, 0.3) is 0 Å². The van der Waals surface area contributed by atoms with Gasteiger partial charge in [0, 0.05) is 30.6 Å². The van der Waals surface area contributed by atoms with E-state index in [9.17, 15) is 9.90 Å². The third kappa shape index (κ3) is 4.19. The van der Waals surface area contributed by atoms with Crippen LogP contribution in [0.25, 0.3) is 0 Å². The number of hydrogen-bond acceptors (Lipinski definition) is 8. The molecule has 2 aliphatic heterocycles. The molecule has 0 radical (unpaired) electrons. The summed E-state index contributed by atoms with van der Waals surface area (Å²) < 4.78 is 5.60. The number of carboxylic acid groups (broad SMARTS) is 1. The molecular formula is C24H26N6O4. The van der Waals surface area contributed by atoms with Gasteiger partial charge in [-0.05, 0) is 43.0 Å². The number of pyridine rings is 1. The summed E-state index contributed by atoms with van der Waals surface area (Å²) in [4.78, 5) is 28.8. The summed E-state index contributed by atoms with van der Waals surface area (Å²) in [5.74, 6) is 0.868. The first-order valence-electron chi connectivity index (χ1n) is 11.2. The highest BCUT2D eigenvalue weighted by Gasteiger charge is 2.30. The number of carbonyl (C=O) groups is 1. The third-order valence-electron chi connectivity index (χ3n) is 6.20. The molecule has 0 atom stereocenters. The summed E-state index contributed by atoms with van der Waals surface area (Å²) in [5.41, 5.74) is 6.16. The van der Waals surface area contributed by atoms with Crippen LogP contribution in [0.3, 0.4) is 0 Å². The van der Waals surface area contributed by atoms with Crippen molar-refractivity contribution in [2.75, 3.05) is 41.4 Å². The number of nitrogens with zero attached hydrogens (tertiary/aromatic N) is 5. The fourth-order valence-corrected chi connectivity index (χ4v) is 4.42. The molecule has 3 N–H and O–H groups in total. The van der Waals surface area contributed by atoms with Crippen LogP contribution in [0.15, 0.2) is 36.7 Å². The topological polar surface area (TPSA) is 124 Å². The maximum Gasteiger partial charge on any atom is 0.412 e. The molecule has 4 heterocycles. The van der Waals surface area contributed by atoms with Crippen LogP contribution in [0.1, 0.15) is 22.4 Å². The number of fused-ring (bicyclic) bond motifs is 2. The minimum absolute atomic E-state index is 0.123. The van der Waals surface area contributed by atoms with E-state index in [4.69, 9.17) is 14.8 Å². The predicted molar refractivity (Wildman–Crippen MR) is 127 cm³/mol. The molecule has 2 aliphatic rings. The second-order valence-electron chi connectivity index (χ2n) is 8.34. The normalized spacial score (nSPS) is 14.8. The molecular weight excluding hydrogens is 436 g/mol. The van der Waals surface area contributed by atoms with Crippen LogP contribution in [0.4, 0.5) is 27.8 Å². The van der Waals surface area contributed by atoms with E-state index in [0.29, 0.717) is 37.1 Å². The first-order valence-corrected chi connectivity index (χ1v) is 11.2. The fourth-order valence-electron chi connectivity index (χ4n) is 4.42. The minimum atomic E-state index is -1.01. The number of aromatic nitrogens is 3. The summed E-state index contributed by atoms with van der Waals surface area (Å²) in [5, 5.41) is 21.9. The zero-order valence-corrected chi connectivity index (χ0v) is 18.9. The summed E-state index contributed by atoms with van der Waals surface area (Å²) >= 11 is 0. The van der Waals surface area contributed by atoms with Crippen molar-refractivity contribution in [3.05, 3.63) is 59.0 Å². The minimum Gasteiger partial charge on any atom is -0.474 e. The van der Waals surface area contributed by atoms with E-state index in [1.54, 1.807) is 6.20 Å². The number of ether oxygens (including phenoxy) is 1. The molecule has 176 valence electrons. The lowest BCUT2D eigenvalue weighted by molar-refractivity contribution is 0.196. The summed E-state index contributed by atoms with van der Waals surface area (Å²) in [6, 6.07) is 7.82. The highest BCUT2D eigenvalue weighted by Crippen LogP contribution is 2.39. The Labute approximate surface area is 196 Å². The number of amides is 1. The van der Waals surface area contributed by atoms with E-state index in [1.807, 2.05) is 37.4 Å². The Morgan fingerprint density at radius 2 is 2.00 bits per heavy atom. The van der Waals surface area contributed by atoms with Gasteiger partial charge in [0.05, 0.1) is 30.7 Å². The summed E-state index contributed by atoms with van der Waals surface area (Å²) in [6.45, 7) is 3.92. The van der Waals surface area contributed by atoms with Crippen LogP contribution in [-0.2, 0) is 19.4 Å². The molecule has 0 fully saturated rings. The van der Waals surface area contributed by atoms with Gasteiger partial charge >= 0.3 is 6.09 Å². The Balaban J connectivity index is 1.38. The maximum atomic E-state index is 11.8. The van der Waals surface area contributed by atoms with Gasteiger partial charge in [0.15, 0.2) is 0 Å². The lowest BCUT2D eigenvalue weighted by atomic mass is 10.0. The third-order valence-corrected chi connectivity index (χ3v) is 6.20. The first kappa shape index (κ1) is 21.9. The van der Waals surface area contributed by atoms with Crippen molar-refractivity contribution in [1.82, 2.24) is 15.0 Å². The van der Waals surface area contributed by atoms with Gasteiger partial charge < -0.3 is 25.2 Å². The number of aliphatic hydroxyl groups excluding tert-OH is 1. The van der Waals surface area contributed by atoms with Crippen LogP contribution in [0, 0.1) is 6.92 Å². The van der Waals surface area contributed by atoms with E-state index >= 15 is 0 Å². The number of benzene rings is 1. The lowest BCUT2D eigenvalue weighted by Crippen LogP contribution is -2.38. The molecule has 0 spiro atoms. The number of rotatable bonds is 5. The highest BCUT2D eigenvalue weighted by atomic mass is 16.5. The van der Waals surface area contributed by atoms with Crippen molar-refractivity contribution in [3.63, 3.8) is 0 Å². The molecule has 2 aromatic heterocycles. The first-order chi connectivity index (χ1) is 16.5. The van der Waals surface area contributed by atoms with Gasteiger partial charge in [-0.25, -0.2) is 19.7 Å². The Bertz CT molecular complexity index is 1220. The average molecular weight is 463 g/mol. The van der Waals surface area contributed by atoms with Gasteiger partial charge in [-0.3, -0.25) is 4.90 Å². The molecule has 0 aliphatic carbocycles. The average Bonchev–Trinajstić information content (AvgIpc) is 2.85. The molecule has 3 aromatic rings. The number of anilines is 4. The molecule has 0 bridgehead atoms. The van der Waals surface area contributed by atoms with Crippen molar-refractivity contribution >= 4 is 29.1 Å². The molecule has 1 amide bonds. The molecule has 5 rings (SSSR count). The highest BCUT2D eigenvalue weighted by molar-refractivity contribution is 5.91. The monoisotopic (exact) mass is 462 g/mol. The molecule has 10 heteroatoms. The van der Waals surface area contributed by atoms with Crippen LogP contribution in [0.2, 0.25) is 0 Å². The predicted octanol–water partition coefficient (Wildman–Crippen LogP) is 2.90. The van der Waals surface area contributed by atoms with Crippen molar-refractivity contribution in [1.29, 1.82) is 0 Å². The van der Waals surface area contributed by atoms with Crippen LogP contribution in [-0.4, -0.2) is 57.6 Å². The number of aliphatic hydroxyl groups is 1. The molecule has 0 unspecified atom stereocenters. The van der Waals surface area contributed by atoms with E-state index in [2.05, 4.69) is 20.2 Å². The standard InChI is InChI=1S/C24H26N6O4/c1-15-20(13-25-22-21(15)30(24(32)33)9-11-34-22)29-8-6-17-12-26-23(28-19(17)14-29)27-18-4-2-16(3-5-18)7-10-31/h2-5,12-13,31H,6-11,14H2,1H3,(H,32,33)(H,26,27,28). The Hall–Kier alpha value is -3.92. The van der Waals surface area contributed by atoms with Gasteiger partial charge in [-0.1, -0.05) is 12.1 Å². The lowest BCUT2D eigenvalue weighted by Gasteiger charge is -2.34. The zero-order chi connectivity index (χ0) is 23.7. The second kappa shape index (κ2) is 9.14. The molecule has 34 heavy (non-hydrogen) atoms. The van der Waals surface area contributed by atoms with Crippen molar-refractivity contribution in [2.24, 2.45) is 0 Å². The van der Waals surface area contributed by atoms with Gasteiger partial charge in [-0.2, -0.15) is 0 Å². The van der Waals surface area contributed by atoms with Crippen molar-refractivity contribution < 1.29 is 19.7 Å². The quantitative estimate of drug-likeness (QED) is 0.525. The number of nitrogens with one attached hydrogen (secondary N) is 1. The van der Waals surface area contributed by atoms with E-state index in [1.165, 1.54) is 4.90 Å². The molecule has 0 saturated carbocycles. The number of hydrogen-bond donors (Lipinski definition) is 3. The Morgan fingerprint density at radius 3 is 2.76 bits per heavy atom.